The minimum absolute atomic E-state index is 0.278. The average Bonchev–Trinajstić information content (AvgIpc) is 3.25. The van der Waals surface area contributed by atoms with Crippen LogP contribution >= 0.6 is 11.8 Å². The summed E-state index contributed by atoms with van der Waals surface area (Å²) in [4.78, 5) is 43.5. The number of amides is 3. The van der Waals surface area contributed by atoms with Crippen LogP contribution in [0.5, 0.6) is 5.75 Å². The number of benzene rings is 1. The van der Waals surface area contributed by atoms with Gasteiger partial charge in [-0.3, -0.25) is 19.3 Å². The fourth-order valence-corrected chi connectivity index (χ4v) is 4.52. The van der Waals surface area contributed by atoms with Crippen molar-refractivity contribution in [3.05, 3.63) is 76.6 Å². The molecule has 2 aromatic heterocycles. The van der Waals surface area contributed by atoms with Crippen LogP contribution in [-0.4, -0.2) is 44.7 Å². The normalized spacial score (nSPS) is 14.7. The Balaban J connectivity index is 1.47. The molecular formula is C25H24N4O4S. The van der Waals surface area contributed by atoms with E-state index in [1.807, 2.05) is 49.6 Å². The number of aromatic nitrogens is 2. The summed E-state index contributed by atoms with van der Waals surface area (Å²) in [6.45, 7) is 5.96. The van der Waals surface area contributed by atoms with Gasteiger partial charge in [0.2, 0.25) is 5.91 Å². The van der Waals surface area contributed by atoms with Crippen LogP contribution in [0.25, 0.3) is 11.9 Å². The van der Waals surface area contributed by atoms with Crippen molar-refractivity contribution in [3.63, 3.8) is 0 Å². The van der Waals surface area contributed by atoms with E-state index in [-0.39, 0.29) is 11.4 Å². The quantitative estimate of drug-likeness (QED) is 0.503. The third kappa shape index (κ3) is 4.89. The molecule has 0 saturated carbocycles. The van der Waals surface area contributed by atoms with Crippen LogP contribution in [0.2, 0.25) is 0 Å². The Kier molecular flexibility index (Phi) is 6.83. The first-order valence-corrected chi connectivity index (χ1v) is 11.6. The first-order valence-electron chi connectivity index (χ1n) is 10.8. The van der Waals surface area contributed by atoms with Gasteiger partial charge < -0.3 is 14.6 Å². The maximum atomic E-state index is 12.9. The van der Waals surface area contributed by atoms with Gasteiger partial charge in [0.15, 0.2) is 0 Å². The molecule has 1 saturated heterocycles. The Labute approximate surface area is 201 Å². The van der Waals surface area contributed by atoms with E-state index in [4.69, 9.17) is 4.74 Å². The molecule has 3 amide bonds. The summed E-state index contributed by atoms with van der Waals surface area (Å²) in [5.74, 6) is 0.524. The predicted octanol–water partition coefficient (Wildman–Crippen LogP) is 4.56. The second-order valence-electron chi connectivity index (χ2n) is 7.62. The molecule has 1 aliphatic heterocycles. The summed E-state index contributed by atoms with van der Waals surface area (Å²) < 4.78 is 7.37. The molecule has 174 valence electrons. The van der Waals surface area contributed by atoms with Gasteiger partial charge in [0, 0.05) is 23.3 Å². The Morgan fingerprint density at radius 3 is 2.59 bits per heavy atom. The van der Waals surface area contributed by atoms with E-state index in [0.29, 0.717) is 18.0 Å². The third-order valence-electron chi connectivity index (χ3n) is 5.26. The summed E-state index contributed by atoms with van der Waals surface area (Å²) >= 11 is 0.829. The second-order valence-corrected chi connectivity index (χ2v) is 8.62. The molecule has 0 bridgehead atoms. The van der Waals surface area contributed by atoms with E-state index in [1.165, 1.54) is 0 Å². The highest BCUT2D eigenvalue weighted by molar-refractivity contribution is 8.18. The summed E-state index contributed by atoms with van der Waals surface area (Å²) in [7, 11) is 0. The number of rotatable bonds is 7. The van der Waals surface area contributed by atoms with Crippen LogP contribution in [0.1, 0.15) is 23.9 Å². The van der Waals surface area contributed by atoms with Gasteiger partial charge in [-0.15, -0.1) is 0 Å². The van der Waals surface area contributed by atoms with Crippen LogP contribution in [0, 0.1) is 13.8 Å². The molecule has 8 nitrogen and oxygen atoms in total. The monoisotopic (exact) mass is 476 g/mol. The van der Waals surface area contributed by atoms with Crippen LogP contribution in [0.15, 0.2) is 59.6 Å². The SMILES string of the molecule is CCOc1ccc(NC(=O)CN2C(=O)SC(=Cc3cc(C)n(-c4ccccn4)c3C)C2=O)cc1. The molecule has 4 rings (SSSR count). The maximum absolute atomic E-state index is 12.9. The van der Waals surface area contributed by atoms with Crippen LogP contribution < -0.4 is 10.1 Å². The first kappa shape index (κ1) is 23.3. The number of carbonyl (C=O) groups excluding carboxylic acids is 3. The Bertz CT molecular complexity index is 1270. The van der Waals surface area contributed by atoms with Crippen molar-refractivity contribution < 1.29 is 19.1 Å². The molecule has 9 heteroatoms. The molecule has 0 radical (unpaired) electrons. The minimum Gasteiger partial charge on any atom is -0.494 e. The van der Waals surface area contributed by atoms with Crippen molar-refractivity contribution in [2.75, 3.05) is 18.5 Å². The molecule has 1 fully saturated rings. The molecule has 1 N–H and O–H groups in total. The number of ether oxygens (including phenoxy) is 1. The number of carbonyl (C=O) groups is 3. The summed E-state index contributed by atoms with van der Waals surface area (Å²) in [5, 5.41) is 2.23. The lowest BCUT2D eigenvalue weighted by Gasteiger charge is -2.12. The lowest BCUT2D eigenvalue weighted by atomic mass is 10.2. The molecule has 0 atom stereocenters. The lowest BCUT2D eigenvalue weighted by molar-refractivity contribution is -0.127. The number of hydrogen-bond donors (Lipinski definition) is 1. The van der Waals surface area contributed by atoms with Crippen molar-refractivity contribution in [3.8, 4) is 11.6 Å². The van der Waals surface area contributed by atoms with Crippen molar-refractivity contribution in [1.29, 1.82) is 0 Å². The molecule has 0 aliphatic carbocycles. The zero-order chi connectivity index (χ0) is 24.2. The Morgan fingerprint density at radius 1 is 1.15 bits per heavy atom. The van der Waals surface area contributed by atoms with Crippen molar-refractivity contribution in [2.45, 2.75) is 20.8 Å². The van der Waals surface area contributed by atoms with Crippen LogP contribution in [-0.2, 0) is 9.59 Å². The van der Waals surface area contributed by atoms with Gasteiger partial charge in [0.1, 0.15) is 18.1 Å². The molecule has 34 heavy (non-hydrogen) atoms. The minimum atomic E-state index is -0.487. The van der Waals surface area contributed by atoms with Gasteiger partial charge in [-0.1, -0.05) is 6.07 Å². The van der Waals surface area contributed by atoms with E-state index in [0.717, 1.165) is 39.4 Å². The van der Waals surface area contributed by atoms with Gasteiger partial charge in [0.05, 0.1) is 11.5 Å². The summed E-state index contributed by atoms with van der Waals surface area (Å²) in [6, 6.07) is 14.5. The highest BCUT2D eigenvalue weighted by Gasteiger charge is 2.36. The number of aryl methyl sites for hydroxylation is 1. The molecule has 1 aliphatic rings. The van der Waals surface area contributed by atoms with Gasteiger partial charge >= 0.3 is 0 Å². The van der Waals surface area contributed by atoms with E-state index in [1.54, 1.807) is 36.5 Å². The fraction of sp³-hybridized carbons (Fsp3) is 0.200. The number of imide groups is 1. The Morgan fingerprint density at radius 2 is 1.91 bits per heavy atom. The molecule has 0 spiro atoms. The lowest BCUT2D eigenvalue weighted by Crippen LogP contribution is -2.36. The van der Waals surface area contributed by atoms with Crippen LogP contribution in [0.4, 0.5) is 10.5 Å². The average molecular weight is 477 g/mol. The first-order chi connectivity index (χ1) is 16.4. The van der Waals surface area contributed by atoms with Gasteiger partial charge in [-0.25, -0.2) is 4.98 Å². The zero-order valence-corrected chi connectivity index (χ0v) is 19.9. The molecular weight excluding hydrogens is 452 g/mol. The molecule has 0 unspecified atom stereocenters. The predicted molar refractivity (Wildman–Crippen MR) is 132 cm³/mol. The number of nitrogens with zero attached hydrogens (tertiary/aromatic N) is 3. The van der Waals surface area contributed by atoms with Gasteiger partial charge in [0.25, 0.3) is 11.1 Å². The van der Waals surface area contributed by atoms with Crippen LogP contribution in [0.3, 0.4) is 0 Å². The fourth-order valence-electron chi connectivity index (χ4n) is 3.70. The topological polar surface area (TPSA) is 93.5 Å². The maximum Gasteiger partial charge on any atom is 0.294 e. The van der Waals surface area contributed by atoms with E-state index < -0.39 is 17.1 Å². The molecule has 3 heterocycles. The molecule has 1 aromatic carbocycles. The van der Waals surface area contributed by atoms with E-state index in [2.05, 4.69) is 10.3 Å². The van der Waals surface area contributed by atoms with Crippen molar-refractivity contribution in [1.82, 2.24) is 14.5 Å². The molecule has 3 aromatic rings. The summed E-state index contributed by atoms with van der Waals surface area (Å²) in [5.41, 5.74) is 3.22. The largest absolute Gasteiger partial charge is 0.494 e. The number of hydrogen-bond acceptors (Lipinski definition) is 6. The number of anilines is 1. The van der Waals surface area contributed by atoms with Gasteiger partial charge in [-0.2, -0.15) is 0 Å². The van der Waals surface area contributed by atoms with Gasteiger partial charge in [-0.05, 0) is 86.6 Å². The number of nitrogens with one attached hydrogen (secondary N) is 1. The Hall–Kier alpha value is -3.85. The number of thioether (sulfide) groups is 1. The summed E-state index contributed by atoms with van der Waals surface area (Å²) in [6.07, 6.45) is 3.41. The van der Waals surface area contributed by atoms with Crippen molar-refractivity contribution >= 4 is 40.6 Å². The van der Waals surface area contributed by atoms with Crippen molar-refractivity contribution in [2.24, 2.45) is 0 Å². The van der Waals surface area contributed by atoms with E-state index >= 15 is 0 Å². The smallest absolute Gasteiger partial charge is 0.294 e. The third-order valence-corrected chi connectivity index (χ3v) is 6.17. The standard InChI is InChI=1S/C25H24N4O4S/c1-4-33-20-10-8-19(9-11-20)27-23(30)15-28-24(31)21(34-25(28)32)14-18-13-16(2)29(17(18)3)22-7-5-6-12-26-22/h5-14H,4,15H2,1-3H3,(H,27,30). The zero-order valence-electron chi connectivity index (χ0n) is 19.1. The highest BCUT2D eigenvalue weighted by atomic mass is 32.2. The van der Waals surface area contributed by atoms with E-state index in [9.17, 15) is 14.4 Å². The second kappa shape index (κ2) is 9.96. The highest BCUT2D eigenvalue weighted by Crippen LogP contribution is 2.33. The number of pyridine rings is 1.